The SMILES string of the molecule is N=C(Nc1ccc(F)c(Br)c1)c1cc(N)no1. The monoisotopic (exact) mass is 298 g/mol. The van der Waals surface area contributed by atoms with Crippen LogP contribution >= 0.6 is 15.9 Å². The summed E-state index contributed by atoms with van der Waals surface area (Å²) in [6.45, 7) is 0. The van der Waals surface area contributed by atoms with Gasteiger partial charge in [0.05, 0.1) is 4.47 Å². The summed E-state index contributed by atoms with van der Waals surface area (Å²) in [7, 11) is 0. The highest BCUT2D eigenvalue weighted by Gasteiger charge is 2.09. The second kappa shape index (κ2) is 4.54. The molecular weight excluding hydrogens is 291 g/mol. The number of aromatic nitrogens is 1. The second-order valence-corrected chi connectivity index (χ2v) is 4.10. The molecule has 0 saturated carbocycles. The summed E-state index contributed by atoms with van der Waals surface area (Å²) < 4.78 is 18.1. The lowest BCUT2D eigenvalue weighted by atomic mass is 10.3. The van der Waals surface area contributed by atoms with E-state index < -0.39 is 0 Å². The van der Waals surface area contributed by atoms with Gasteiger partial charge in [-0.15, -0.1) is 0 Å². The van der Waals surface area contributed by atoms with Crippen molar-refractivity contribution in [3.63, 3.8) is 0 Å². The van der Waals surface area contributed by atoms with E-state index in [2.05, 4.69) is 26.4 Å². The molecular formula is C10H8BrFN4O. The zero-order valence-electron chi connectivity index (χ0n) is 8.50. The van der Waals surface area contributed by atoms with Crippen LogP contribution in [0.1, 0.15) is 5.76 Å². The van der Waals surface area contributed by atoms with Gasteiger partial charge in [-0.1, -0.05) is 5.16 Å². The van der Waals surface area contributed by atoms with Crippen molar-refractivity contribution in [2.24, 2.45) is 0 Å². The molecule has 4 N–H and O–H groups in total. The van der Waals surface area contributed by atoms with Crippen molar-refractivity contribution < 1.29 is 8.91 Å². The van der Waals surface area contributed by atoms with Gasteiger partial charge in [0.15, 0.2) is 11.7 Å². The van der Waals surface area contributed by atoms with E-state index in [0.717, 1.165) is 0 Å². The number of nitrogens with zero attached hydrogens (tertiary/aromatic N) is 1. The van der Waals surface area contributed by atoms with Gasteiger partial charge in [0.2, 0.25) is 5.76 Å². The van der Waals surface area contributed by atoms with E-state index in [1.54, 1.807) is 0 Å². The maximum atomic E-state index is 13.0. The van der Waals surface area contributed by atoms with Gasteiger partial charge in [-0.3, -0.25) is 5.41 Å². The molecule has 7 heteroatoms. The lowest BCUT2D eigenvalue weighted by molar-refractivity contribution is 0.416. The zero-order chi connectivity index (χ0) is 12.4. The van der Waals surface area contributed by atoms with Crippen LogP contribution in [0, 0.1) is 11.2 Å². The summed E-state index contributed by atoms with van der Waals surface area (Å²) >= 11 is 3.06. The van der Waals surface area contributed by atoms with Crippen LogP contribution in [0.2, 0.25) is 0 Å². The third-order valence-electron chi connectivity index (χ3n) is 1.96. The van der Waals surface area contributed by atoms with Crippen molar-refractivity contribution in [1.82, 2.24) is 5.16 Å². The molecule has 1 aromatic heterocycles. The first-order valence-electron chi connectivity index (χ1n) is 4.59. The number of hydrogen-bond acceptors (Lipinski definition) is 4. The highest BCUT2D eigenvalue weighted by molar-refractivity contribution is 9.10. The fourth-order valence-corrected chi connectivity index (χ4v) is 1.57. The van der Waals surface area contributed by atoms with Crippen LogP contribution in [-0.4, -0.2) is 11.0 Å². The maximum Gasteiger partial charge on any atom is 0.203 e. The molecule has 0 aliphatic heterocycles. The Labute approximate surface area is 104 Å². The molecule has 0 spiro atoms. The lowest BCUT2D eigenvalue weighted by Gasteiger charge is -2.05. The molecule has 0 aliphatic carbocycles. The zero-order valence-corrected chi connectivity index (χ0v) is 10.1. The third kappa shape index (κ3) is 2.62. The molecule has 0 unspecified atom stereocenters. The van der Waals surface area contributed by atoms with Crippen molar-refractivity contribution in [2.45, 2.75) is 0 Å². The maximum absolute atomic E-state index is 13.0. The predicted octanol–water partition coefficient (Wildman–Crippen LogP) is 2.60. The van der Waals surface area contributed by atoms with Gasteiger partial charge in [-0.2, -0.15) is 0 Å². The van der Waals surface area contributed by atoms with Gasteiger partial charge in [-0.25, -0.2) is 4.39 Å². The summed E-state index contributed by atoms with van der Waals surface area (Å²) in [5.41, 5.74) is 5.92. The largest absolute Gasteiger partial charge is 0.381 e. The van der Waals surface area contributed by atoms with Gasteiger partial charge in [-0.05, 0) is 34.1 Å². The van der Waals surface area contributed by atoms with Crippen LogP contribution in [0.3, 0.4) is 0 Å². The highest BCUT2D eigenvalue weighted by atomic mass is 79.9. The number of halogens is 2. The van der Waals surface area contributed by atoms with E-state index in [1.165, 1.54) is 24.3 Å². The Balaban J connectivity index is 2.15. The van der Waals surface area contributed by atoms with E-state index in [-0.39, 0.29) is 23.2 Å². The van der Waals surface area contributed by atoms with Crippen LogP contribution in [-0.2, 0) is 0 Å². The number of hydrogen-bond donors (Lipinski definition) is 3. The Morgan fingerprint density at radius 1 is 1.47 bits per heavy atom. The highest BCUT2D eigenvalue weighted by Crippen LogP contribution is 2.20. The van der Waals surface area contributed by atoms with Gasteiger partial charge >= 0.3 is 0 Å². The van der Waals surface area contributed by atoms with Crippen molar-refractivity contribution in [3.8, 4) is 0 Å². The summed E-state index contributed by atoms with van der Waals surface area (Å²) in [5.74, 6) is 0.0356. The van der Waals surface area contributed by atoms with Crippen LogP contribution in [0.15, 0.2) is 33.3 Å². The Morgan fingerprint density at radius 2 is 2.24 bits per heavy atom. The average molecular weight is 299 g/mol. The quantitative estimate of drug-likeness (QED) is 0.587. The summed E-state index contributed by atoms with van der Waals surface area (Å²) in [6.07, 6.45) is 0. The van der Waals surface area contributed by atoms with Crippen LogP contribution in [0.4, 0.5) is 15.9 Å². The molecule has 0 amide bonds. The standard InChI is InChI=1S/C10H8BrFN4O/c11-6-3-5(1-2-7(6)12)15-10(14)8-4-9(13)16-17-8/h1-4H,(H2,13,16)(H2,14,15). The number of anilines is 2. The van der Waals surface area contributed by atoms with E-state index >= 15 is 0 Å². The van der Waals surface area contributed by atoms with Crippen molar-refractivity contribution >= 4 is 33.3 Å². The Kier molecular flexibility index (Phi) is 3.10. The smallest absolute Gasteiger partial charge is 0.203 e. The van der Waals surface area contributed by atoms with E-state index in [9.17, 15) is 4.39 Å². The minimum Gasteiger partial charge on any atom is -0.381 e. The third-order valence-corrected chi connectivity index (χ3v) is 2.57. The number of nitrogens with two attached hydrogens (primary N) is 1. The van der Waals surface area contributed by atoms with Crippen molar-refractivity contribution in [2.75, 3.05) is 11.1 Å². The summed E-state index contributed by atoms with van der Waals surface area (Å²) in [5, 5.41) is 13.9. The first-order chi connectivity index (χ1) is 8.06. The first kappa shape index (κ1) is 11.6. The first-order valence-corrected chi connectivity index (χ1v) is 5.39. The van der Waals surface area contributed by atoms with Gasteiger partial charge in [0.25, 0.3) is 0 Å². The molecule has 0 atom stereocenters. The molecule has 2 rings (SSSR count). The van der Waals surface area contributed by atoms with Crippen LogP contribution < -0.4 is 11.1 Å². The molecule has 0 bridgehead atoms. The molecule has 88 valence electrons. The molecule has 1 heterocycles. The topological polar surface area (TPSA) is 87.9 Å². The Bertz CT molecular complexity index is 569. The molecule has 0 radical (unpaired) electrons. The minimum absolute atomic E-state index is 0.00675. The number of nitrogen functional groups attached to an aromatic ring is 1. The van der Waals surface area contributed by atoms with Gasteiger partial charge in [0, 0.05) is 11.8 Å². The van der Waals surface area contributed by atoms with Gasteiger partial charge in [0.1, 0.15) is 5.82 Å². The van der Waals surface area contributed by atoms with Crippen LogP contribution in [0.25, 0.3) is 0 Å². The lowest BCUT2D eigenvalue weighted by Crippen LogP contribution is -2.11. The molecule has 5 nitrogen and oxygen atoms in total. The molecule has 0 aliphatic rings. The van der Waals surface area contributed by atoms with E-state index in [4.69, 9.17) is 15.7 Å². The number of amidine groups is 1. The van der Waals surface area contributed by atoms with E-state index in [1.807, 2.05) is 0 Å². The summed E-state index contributed by atoms with van der Waals surface area (Å²) in [6, 6.07) is 5.74. The minimum atomic E-state index is -0.369. The number of benzene rings is 1. The van der Waals surface area contributed by atoms with Crippen molar-refractivity contribution in [3.05, 3.63) is 40.3 Å². The average Bonchev–Trinajstić information content (AvgIpc) is 2.70. The Hall–Kier alpha value is -1.89. The van der Waals surface area contributed by atoms with Crippen molar-refractivity contribution in [1.29, 1.82) is 5.41 Å². The summed E-state index contributed by atoms with van der Waals surface area (Å²) in [4.78, 5) is 0. The molecule has 0 saturated heterocycles. The number of rotatable bonds is 2. The Morgan fingerprint density at radius 3 is 2.82 bits per heavy atom. The second-order valence-electron chi connectivity index (χ2n) is 3.24. The predicted molar refractivity (Wildman–Crippen MR) is 65.5 cm³/mol. The molecule has 0 fully saturated rings. The van der Waals surface area contributed by atoms with Gasteiger partial charge < -0.3 is 15.6 Å². The number of nitrogens with one attached hydrogen (secondary N) is 2. The molecule has 17 heavy (non-hydrogen) atoms. The molecule has 2 aromatic rings. The fraction of sp³-hybridized carbons (Fsp3) is 0. The normalized spacial score (nSPS) is 10.2. The van der Waals surface area contributed by atoms with E-state index in [0.29, 0.717) is 10.2 Å². The fourth-order valence-electron chi connectivity index (χ4n) is 1.19. The molecule has 1 aromatic carbocycles. The van der Waals surface area contributed by atoms with Crippen LogP contribution in [0.5, 0.6) is 0 Å².